The molecule has 9 aromatic heterocycles. The number of aromatic amines is 1. The molecule has 2 aromatic carbocycles. The molecule has 5 aliphatic heterocycles. The van der Waals surface area contributed by atoms with Crippen molar-refractivity contribution < 1.29 is 152 Å². The maximum absolute atomic E-state index is 14.4. The number of piperazine rings is 1. The van der Waals surface area contributed by atoms with Crippen LogP contribution in [0.5, 0.6) is 5.75 Å². The van der Waals surface area contributed by atoms with Gasteiger partial charge in [-0.2, -0.15) is 0 Å². The van der Waals surface area contributed by atoms with Crippen molar-refractivity contribution in [2.24, 2.45) is 0 Å². The highest BCUT2D eigenvalue weighted by molar-refractivity contribution is 7.48. The molecule has 14 heterocycles. The zero-order valence-electron chi connectivity index (χ0n) is 67.8. The quantitative estimate of drug-likeness (QED) is 0.0159. The number of nitrogen functional groups attached to an aromatic ring is 4. The van der Waals surface area contributed by atoms with Gasteiger partial charge < -0.3 is 126 Å². The highest BCUT2D eigenvalue weighted by Crippen LogP contribution is 2.56. The Balaban J connectivity index is 0.525. The normalized spacial score (nSPS) is 26.8. The Bertz CT molecular complexity index is 6120. The second kappa shape index (κ2) is 39.0. The van der Waals surface area contributed by atoms with Crippen LogP contribution in [-0.4, -0.2) is 326 Å². The van der Waals surface area contributed by atoms with Gasteiger partial charge in [0.25, 0.3) is 0 Å². The Morgan fingerprint density at radius 3 is 1.29 bits per heavy atom. The largest absolute Gasteiger partial charge is 0.494 e. The van der Waals surface area contributed by atoms with Gasteiger partial charge in [-0.05, 0) is 62.4 Å². The minimum absolute atomic E-state index is 0.00891. The van der Waals surface area contributed by atoms with E-state index in [0.29, 0.717) is 18.6 Å². The number of likely N-dealkylation sites (N-methyl/N-ethyl adjacent to an activating group) is 1. The number of imidazole rings is 5. The summed E-state index contributed by atoms with van der Waals surface area (Å²) in [6.45, 7) is -1.45. The lowest BCUT2D eigenvalue weighted by molar-refractivity contribution is -0.121. The first-order chi connectivity index (χ1) is 62.0. The first-order valence-corrected chi connectivity index (χ1v) is 47.1. The Morgan fingerprint density at radius 1 is 0.500 bits per heavy atom. The predicted molar refractivity (Wildman–Crippen MR) is 440 cm³/mol. The van der Waals surface area contributed by atoms with E-state index in [2.05, 4.69) is 104 Å². The summed E-state index contributed by atoms with van der Waals surface area (Å²) in [5, 5.41) is 61.0. The Labute approximate surface area is 730 Å². The third-order valence-corrected chi connectivity index (χ3v) is 25.8. The summed E-state index contributed by atoms with van der Waals surface area (Å²) in [7, 11) is -25.5. The fourth-order valence-electron chi connectivity index (χ4n) is 14.9. The second-order valence-corrected chi connectivity index (χ2v) is 37.0. The van der Waals surface area contributed by atoms with E-state index in [4.69, 9.17) is 92.5 Å². The van der Waals surface area contributed by atoms with Crippen molar-refractivity contribution in [1.82, 2.24) is 98.3 Å². The number of fused-ring (bicyclic) bond motifs is 5. The number of aliphatic hydroxyl groups excluding tert-OH is 5. The van der Waals surface area contributed by atoms with Crippen molar-refractivity contribution in [3.8, 4) is 17.1 Å². The van der Waals surface area contributed by atoms with E-state index in [0.717, 1.165) is 123 Å². The third kappa shape index (κ3) is 21.2. The summed E-state index contributed by atoms with van der Waals surface area (Å²) < 4.78 is 156. The van der Waals surface area contributed by atoms with E-state index in [1.165, 1.54) is 0 Å². The number of carbonyl (C=O) groups is 1. The number of phosphoric acid groups is 5. The summed E-state index contributed by atoms with van der Waals surface area (Å²) >= 11 is 0. The van der Waals surface area contributed by atoms with Gasteiger partial charge in [0.2, 0.25) is 5.91 Å². The first kappa shape index (κ1) is 93.7. The highest BCUT2D eigenvalue weighted by Gasteiger charge is 2.56. The van der Waals surface area contributed by atoms with Gasteiger partial charge >= 0.3 is 39.1 Å². The molecule has 130 heavy (non-hydrogen) atoms. The SMILES string of the molecule is CN1CCN(c2ccc3nc(-c4ccc(OCCCC(=O)NCCCOCC(O)COP(=O)(O)O[C@@H]5[C@H](O)[C@@H](COP(=O)(O)O[C@@H]6[C@H](O)[C@@H](COP(=O)(O)O[C@@H]7[C@H](O)[C@@H](COP(=O)(O)O[C@@H]8[C@H](O)[C@@H](COP(=O)(O)O)O[C@H]8n8cnc9c(N)ncnc98)O[C@H]7n7cnc8c(N)ncnc87)O[C@H]6n6cnc7c(N)ncnc76)O[C@H]5n5cnc6c(N)ncnc65)cc4)[nH]c3c2)CC1. The van der Waals surface area contributed by atoms with Crippen molar-refractivity contribution >= 4 is 130 Å². The van der Waals surface area contributed by atoms with Crippen molar-refractivity contribution in [3.05, 3.63) is 93.1 Å². The van der Waals surface area contributed by atoms with Crippen molar-refractivity contribution in [3.63, 3.8) is 0 Å². The number of rotatable bonds is 40. The topological polar surface area (TPSA) is 789 Å². The molecule has 57 nitrogen and oxygen atoms in total. The van der Waals surface area contributed by atoms with Gasteiger partial charge in [0.1, 0.15) is 138 Å². The van der Waals surface area contributed by atoms with Gasteiger partial charge in [0, 0.05) is 57.0 Å². The monoisotopic (exact) mass is 1920 g/mol. The first-order valence-electron chi connectivity index (χ1n) is 39.6. The molecule has 0 saturated carbocycles. The molecule has 0 aliphatic carbocycles. The van der Waals surface area contributed by atoms with E-state index >= 15 is 0 Å². The molecule has 0 bridgehead atoms. The van der Waals surface area contributed by atoms with E-state index in [9.17, 15) is 82.5 Å². The number of ether oxygens (including phenoxy) is 6. The van der Waals surface area contributed by atoms with E-state index in [1.807, 2.05) is 30.3 Å². The number of hydrogen-bond donors (Lipinski definition) is 17. The van der Waals surface area contributed by atoms with Gasteiger partial charge in [-0.25, -0.2) is 87.6 Å². The highest BCUT2D eigenvalue weighted by atomic mass is 31.2. The molecular weight excluding hydrogens is 1830 g/mol. The number of nitrogens with zero attached hydrogens (tertiary/aromatic N) is 19. The molecule has 5 unspecified atom stereocenters. The number of anilines is 5. The maximum atomic E-state index is 14.4. The summed E-state index contributed by atoms with van der Waals surface area (Å²) in [6.07, 6.45) is -23.6. The zero-order chi connectivity index (χ0) is 91.9. The van der Waals surface area contributed by atoms with Crippen LogP contribution in [0.2, 0.25) is 0 Å². The van der Waals surface area contributed by atoms with Crippen molar-refractivity contribution in [2.75, 3.05) is 120 Å². The lowest BCUT2D eigenvalue weighted by Gasteiger charge is -2.34. The van der Waals surface area contributed by atoms with Gasteiger partial charge in [-0.3, -0.25) is 63.8 Å². The summed E-state index contributed by atoms with van der Waals surface area (Å²) in [6, 6.07) is 13.7. The van der Waals surface area contributed by atoms with Gasteiger partial charge in [-0.15, -0.1) is 0 Å². The number of H-pyrrole nitrogens is 1. The number of nitrogens with one attached hydrogen (secondary N) is 2. The van der Waals surface area contributed by atoms with Gasteiger partial charge in [-0.1, -0.05) is 0 Å². The summed E-state index contributed by atoms with van der Waals surface area (Å²) in [5.74, 6) is 0.486. The molecule has 5 aliphatic rings. The van der Waals surface area contributed by atoms with Crippen LogP contribution in [0.25, 0.3) is 67.1 Å². The van der Waals surface area contributed by atoms with Gasteiger partial charge in [0.15, 0.2) is 70.8 Å². The van der Waals surface area contributed by atoms with Crippen molar-refractivity contribution in [2.45, 2.75) is 124 Å². The van der Waals surface area contributed by atoms with Crippen LogP contribution < -0.4 is 37.9 Å². The fourth-order valence-corrected chi connectivity index (χ4v) is 19.0. The number of benzene rings is 2. The smallest absolute Gasteiger partial charge is 0.472 e. The zero-order valence-corrected chi connectivity index (χ0v) is 72.3. The summed E-state index contributed by atoms with van der Waals surface area (Å²) in [4.78, 5) is 139. The van der Waals surface area contributed by atoms with Crippen LogP contribution in [0.1, 0.15) is 44.2 Å². The van der Waals surface area contributed by atoms with E-state index < -0.39 is 183 Å². The molecule has 21 N–H and O–H groups in total. The number of hydrogen-bond acceptors (Lipinski definition) is 45. The molecule has 16 rings (SSSR count). The molecule has 5 fully saturated rings. The lowest BCUT2D eigenvalue weighted by Crippen LogP contribution is -2.44. The van der Waals surface area contributed by atoms with Crippen LogP contribution in [0, 0.1) is 0 Å². The number of phosphoric ester groups is 5. The standard InChI is InChI=1S/C68H88N25O32P5/c1-88-12-14-89(15-13-88)34-7-10-37-38(18-34)87-60(86-37)33-5-8-36(9-6-33)112-17-2-4-43(95)73-11-3-16-111-19-35(94)20-114-127(103,104)122-53-49(97)40(119-66(53)91-30-83-45-57(70)75-26-79-62(45)91)22-116-129(107,108)124-55-51(99)42(121-68(55)93-32-85-47-59(72)77-28-81-64(47)93)24-117-130(109,110)125-54-50(98)41(120-67(54)92-31-84-46-58(71)76-27-80-63(46)92)23-115-128(105,106)123-52-48(96)39(21-113-126(100,101)102)118-65(52)90-29-82-44-56(69)74-25-78-61(44)90/h5-10,18,25-32,35,39-42,48-55,65-68,94,96-99H,2-4,11-17,19-24H2,1H3,(H,73,95)(H,86,87)(H,103,104)(H,105,106)(H,107,108)(H,109,110)(H2,69,74,78)(H2,70,75,79)(H2,71,76,80)(H2,72,77,81)(H2,100,101,102)/t35?,39-,40-,41-,42-,48-,49-,50-,51-,52-,53-,54-,55-,65-,66-,67-,68-/m1/s1. The molecule has 11 aromatic rings. The molecule has 5 saturated heterocycles. The van der Waals surface area contributed by atoms with Gasteiger partial charge in [0.05, 0.1) is 82.6 Å². The van der Waals surface area contributed by atoms with Crippen molar-refractivity contribution in [1.29, 1.82) is 0 Å². The van der Waals surface area contributed by atoms with Crippen LogP contribution >= 0.6 is 39.1 Å². The number of carbonyl (C=O) groups excluding carboxylic acids is 1. The minimum atomic E-state index is -5.74. The van der Waals surface area contributed by atoms with Crippen LogP contribution in [0.4, 0.5) is 29.0 Å². The predicted octanol–water partition coefficient (Wildman–Crippen LogP) is -1.14. The molecular formula is C68H88N25O32P5. The second-order valence-electron chi connectivity index (χ2n) is 30.2. The Kier molecular flexibility index (Phi) is 28.1. The summed E-state index contributed by atoms with van der Waals surface area (Å²) in [5.41, 5.74) is 27.4. The molecule has 62 heteroatoms. The molecule has 0 radical (unpaired) electrons. The Morgan fingerprint density at radius 2 is 0.892 bits per heavy atom. The third-order valence-electron chi connectivity index (χ3n) is 21.3. The molecule has 1 amide bonds. The minimum Gasteiger partial charge on any atom is -0.494 e. The van der Waals surface area contributed by atoms with E-state index in [-0.39, 0.29) is 100 Å². The molecule has 702 valence electrons. The number of aliphatic hydroxyl groups is 5. The number of amides is 1. The Hall–Kier alpha value is -9.51. The lowest BCUT2D eigenvalue weighted by atomic mass is 10.1. The molecule has 0 spiro atoms. The molecule has 21 atom stereocenters. The van der Waals surface area contributed by atoms with E-state index in [1.54, 1.807) is 0 Å². The number of nitrogens with two attached hydrogens (primary N) is 4. The van der Waals surface area contributed by atoms with Crippen LogP contribution in [-0.2, 0) is 92.0 Å². The maximum Gasteiger partial charge on any atom is 0.472 e. The van der Waals surface area contributed by atoms with Crippen LogP contribution in [0.3, 0.4) is 0 Å². The van der Waals surface area contributed by atoms with Crippen LogP contribution in [0.15, 0.2) is 93.1 Å². The fraction of sp³-hybridized carbons (Fsp3) is 0.500. The average molecular weight is 1920 g/mol. The number of aromatic nitrogens is 18. The average Bonchev–Trinajstić information content (AvgIpc) is 1.62.